The molecule has 2 fully saturated rings. The molecular weight excluding hydrogens is 334 g/mol. The van der Waals surface area contributed by atoms with Crippen LogP contribution in [0.2, 0.25) is 0 Å². The molecule has 1 N–H and O–H groups in total. The van der Waals surface area contributed by atoms with Crippen LogP contribution in [0, 0.1) is 0 Å². The summed E-state index contributed by atoms with van der Waals surface area (Å²) in [6, 6.07) is 8.04. The number of carboxylic acid groups (broad SMARTS) is 1. The van der Waals surface area contributed by atoms with Crippen molar-refractivity contribution in [2.24, 2.45) is 0 Å². The van der Waals surface area contributed by atoms with Gasteiger partial charge in [-0.1, -0.05) is 18.2 Å². The van der Waals surface area contributed by atoms with E-state index in [-0.39, 0.29) is 0 Å². The maximum absolute atomic E-state index is 12.0. The lowest BCUT2D eigenvalue weighted by Gasteiger charge is -2.43. The first kappa shape index (κ1) is 18.7. The van der Waals surface area contributed by atoms with Gasteiger partial charge in [0.15, 0.2) is 0 Å². The highest BCUT2D eigenvalue weighted by Crippen LogP contribution is 2.31. The SMILES string of the molecule is CSc1ccccc1[C@H](C(=O)O)N1CCN(C2CCN(C)CC2)CC1. The molecule has 0 aromatic heterocycles. The standard InChI is InChI=1S/C19H29N3O2S/c1-20-9-7-15(8-10-20)21-11-13-22(14-12-21)18(19(23)24)16-5-3-4-6-17(16)25-2/h3-6,15,18H,7-14H2,1-2H3,(H,23,24)/t18-/m1/s1. The van der Waals surface area contributed by atoms with Gasteiger partial charge < -0.3 is 10.0 Å². The van der Waals surface area contributed by atoms with Gasteiger partial charge in [-0.3, -0.25) is 14.6 Å². The second-order valence-corrected chi connectivity index (χ2v) is 7.94. The molecule has 3 rings (SSSR count). The first-order chi connectivity index (χ1) is 12.1. The topological polar surface area (TPSA) is 47.0 Å². The summed E-state index contributed by atoms with van der Waals surface area (Å²) in [5.74, 6) is -0.741. The number of piperidine rings is 1. The van der Waals surface area contributed by atoms with E-state index in [0.717, 1.165) is 36.6 Å². The highest BCUT2D eigenvalue weighted by atomic mass is 32.2. The van der Waals surface area contributed by atoms with Gasteiger partial charge in [0.2, 0.25) is 0 Å². The molecule has 0 spiro atoms. The number of hydrogen-bond donors (Lipinski definition) is 1. The number of aliphatic carboxylic acids is 1. The molecule has 0 unspecified atom stereocenters. The van der Waals surface area contributed by atoms with Gasteiger partial charge in [-0.25, -0.2) is 0 Å². The van der Waals surface area contributed by atoms with E-state index in [2.05, 4.69) is 21.7 Å². The zero-order valence-electron chi connectivity index (χ0n) is 15.2. The van der Waals surface area contributed by atoms with Crippen LogP contribution < -0.4 is 0 Å². The lowest BCUT2D eigenvalue weighted by molar-refractivity contribution is -0.144. The highest BCUT2D eigenvalue weighted by molar-refractivity contribution is 7.98. The fourth-order valence-corrected chi connectivity index (χ4v) is 4.73. The Morgan fingerprint density at radius 2 is 1.76 bits per heavy atom. The number of likely N-dealkylation sites (tertiary alicyclic amines) is 1. The zero-order chi connectivity index (χ0) is 17.8. The Hall–Kier alpha value is -1.08. The van der Waals surface area contributed by atoms with Crippen molar-refractivity contribution in [3.8, 4) is 0 Å². The third kappa shape index (κ3) is 4.37. The van der Waals surface area contributed by atoms with Gasteiger partial charge in [0, 0.05) is 37.1 Å². The fraction of sp³-hybridized carbons (Fsp3) is 0.632. The molecular formula is C19H29N3O2S. The van der Waals surface area contributed by atoms with Crippen LogP contribution in [0.5, 0.6) is 0 Å². The summed E-state index contributed by atoms with van der Waals surface area (Å²) >= 11 is 1.62. The van der Waals surface area contributed by atoms with Crippen LogP contribution in [0.25, 0.3) is 0 Å². The molecule has 1 atom stereocenters. The molecule has 1 aromatic rings. The molecule has 138 valence electrons. The number of hydrogen-bond acceptors (Lipinski definition) is 5. The predicted octanol–water partition coefficient (Wildman–Crippen LogP) is 2.25. The van der Waals surface area contributed by atoms with Crippen LogP contribution in [0.15, 0.2) is 29.2 Å². The van der Waals surface area contributed by atoms with Gasteiger partial charge in [-0.05, 0) is 50.9 Å². The number of carboxylic acids is 1. The fourth-order valence-electron chi connectivity index (χ4n) is 4.10. The van der Waals surface area contributed by atoms with Crippen molar-refractivity contribution in [3.05, 3.63) is 29.8 Å². The second kappa shape index (κ2) is 8.54. The minimum Gasteiger partial charge on any atom is -0.480 e. The Morgan fingerprint density at radius 3 is 2.36 bits per heavy atom. The minimum absolute atomic E-state index is 0.539. The van der Waals surface area contributed by atoms with E-state index in [4.69, 9.17) is 0 Å². The van der Waals surface area contributed by atoms with Gasteiger partial charge in [-0.2, -0.15) is 0 Å². The van der Waals surface area contributed by atoms with Crippen LogP contribution in [-0.4, -0.2) is 84.4 Å². The second-order valence-electron chi connectivity index (χ2n) is 7.09. The first-order valence-corrected chi connectivity index (χ1v) is 10.3. The monoisotopic (exact) mass is 363 g/mol. The first-order valence-electron chi connectivity index (χ1n) is 9.12. The lowest BCUT2D eigenvalue weighted by atomic mass is 10.0. The Kier molecular flexibility index (Phi) is 6.39. The molecule has 2 aliphatic rings. The predicted molar refractivity (Wildman–Crippen MR) is 102 cm³/mol. The Bertz CT molecular complexity index is 582. The van der Waals surface area contributed by atoms with E-state index in [1.54, 1.807) is 11.8 Å². The molecule has 0 saturated carbocycles. The number of carbonyl (C=O) groups is 1. The van der Waals surface area contributed by atoms with Crippen molar-refractivity contribution in [1.82, 2.24) is 14.7 Å². The molecule has 0 amide bonds. The summed E-state index contributed by atoms with van der Waals surface area (Å²) in [6.45, 7) is 5.94. The summed E-state index contributed by atoms with van der Waals surface area (Å²) in [4.78, 5) is 20.2. The number of benzene rings is 1. The van der Waals surface area contributed by atoms with Gasteiger partial charge in [0.1, 0.15) is 6.04 Å². The Labute approximate surface area is 155 Å². The third-order valence-corrected chi connectivity index (χ3v) is 6.40. The molecule has 5 nitrogen and oxygen atoms in total. The van der Waals surface area contributed by atoms with Crippen molar-refractivity contribution >= 4 is 17.7 Å². The summed E-state index contributed by atoms with van der Waals surface area (Å²) < 4.78 is 0. The van der Waals surface area contributed by atoms with E-state index < -0.39 is 12.0 Å². The number of thioether (sulfide) groups is 1. The maximum atomic E-state index is 12.0. The van der Waals surface area contributed by atoms with E-state index >= 15 is 0 Å². The molecule has 0 radical (unpaired) electrons. The molecule has 2 heterocycles. The van der Waals surface area contributed by atoms with Crippen molar-refractivity contribution < 1.29 is 9.90 Å². The van der Waals surface area contributed by atoms with Crippen molar-refractivity contribution in [1.29, 1.82) is 0 Å². The van der Waals surface area contributed by atoms with Crippen LogP contribution in [-0.2, 0) is 4.79 Å². The van der Waals surface area contributed by atoms with Crippen molar-refractivity contribution in [3.63, 3.8) is 0 Å². The Morgan fingerprint density at radius 1 is 1.12 bits per heavy atom. The van der Waals surface area contributed by atoms with Crippen LogP contribution in [0.3, 0.4) is 0 Å². The average molecular weight is 364 g/mol. The smallest absolute Gasteiger partial charge is 0.325 e. The number of nitrogens with zero attached hydrogens (tertiary/aromatic N) is 3. The van der Waals surface area contributed by atoms with Gasteiger partial charge in [0.25, 0.3) is 0 Å². The molecule has 25 heavy (non-hydrogen) atoms. The maximum Gasteiger partial charge on any atom is 0.325 e. The van der Waals surface area contributed by atoms with Gasteiger partial charge in [0.05, 0.1) is 0 Å². The van der Waals surface area contributed by atoms with Crippen LogP contribution in [0.1, 0.15) is 24.4 Å². The van der Waals surface area contributed by atoms with E-state index in [1.807, 2.05) is 30.5 Å². The van der Waals surface area contributed by atoms with Gasteiger partial charge in [-0.15, -0.1) is 11.8 Å². The molecule has 1 aromatic carbocycles. The highest BCUT2D eigenvalue weighted by Gasteiger charge is 2.33. The quantitative estimate of drug-likeness (QED) is 0.810. The minimum atomic E-state index is -0.741. The van der Waals surface area contributed by atoms with E-state index in [0.29, 0.717) is 6.04 Å². The van der Waals surface area contributed by atoms with Gasteiger partial charge >= 0.3 is 5.97 Å². The normalized spacial score (nSPS) is 22.8. The summed E-state index contributed by atoms with van der Waals surface area (Å²) in [5.41, 5.74) is 0.926. The third-order valence-electron chi connectivity index (χ3n) is 5.59. The van der Waals surface area contributed by atoms with E-state index in [1.165, 1.54) is 25.9 Å². The zero-order valence-corrected chi connectivity index (χ0v) is 16.0. The average Bonchev–Trinajstić information content (AvgIpc) is 2.63. The van der Waals surface area contributed by atoms with Crippen LogP contribution in [0.4, 0.5) is 0 Å². The molecule has 2 aliphatic heterocycles. The van der Waals surface area contributed by atoms with E-state index in [9.17, 15) is 9.90 Å². The Balaban J connectivity index is 1.66. The summed E-state index contributed by atoms with van der Waals surface area (Å²) in [5, 5.41) is 9.87. The lowest BCUT2D eigenvalue weighted by Crippen LogP contribution is -2.54. The largest absolute Gasteiger partial charge is 0.480 e. The van der Waals surface area contributed by atoms with Crippen molar-refractivity contribution in [2.75, 3.05) is 52.6 Å². The molecule has 6 heteroatoms. The molecule has 0 bridgehead atoms. The molecule has 0 aliphatic carbocycles. The van der Waals surface area contributed by atoms with Crippen LogP contribution >= 0.6 is 11.8 Å². The number of piperazine rings is 1. The summed E-state index contributed by atoms with van der Waals surface area (Å²) in [6.07, 6.45) is 4.47. The van der Waals surface area contributed by atoms with Crippen molar-refractivity contribution in [2.45, 2.75) is 29.8 Å². The molecule has 2 saturated heterocycles. The number of rotatable bonds is 5. The summed E-state index contributed by atoms with van der Waals surface area (Å²) in [7, 11) is 2.19.